The third kappa shape index (κ3) is 2.63. The maximum absolute atomic E-state index is 11.0. The molecule has 0 heterocycles. The molecule has 0 aliphatic rings. The summed E-state index contributed by atoms with van der Waals surface area (Å²) in [5.41, 5.74) is 5.38. The van der Waals surface area contributed by atoms with Crippen molar-refractivity contribution in [1.29, 1.82) is 0 Å². The van der Waals surface area contributed by atoms with Crippen LogP contribution in [0.15, 0.2) is 18.2 Å². The van der Waals surface area contributed by atoms with E-state index in [2.05, 4.69) is 4.74 Å². The van der Waals surface area contributed by atoms with Gasteiger partial charge in [0.05, 0.1) is 12.3 Å². The number of hydrogen-bond acceptors (Lipinski definition) is 5. The zero-order valence-electron chi connectivity index (χ0n) is 8.60. The van der Waals surface area contributed by atoms with Gasteiger partial charge in [0.1, 0.15) is 5.56 Å². The first-order valence-electron chi connectivity index (χ1n) is 4.52. The summed E-state index contributed by atoms with van der Waals surface area (Å²) in [4.78, 5) is 21.9. The van der Waals surface area contributed by atoms with Crippen LogP contribution in [0.5, 0.6) is 5.75 Å². The van der Waals surface area contributed by atoms with Gasteiger partial charge in [-0.25, -0.2) is 9.59 Å². The molecule has 1 aromatic carbocycles. The van der Waals surface area contributed by atoms with Gasteiger partial charge in [0.25, 0.3) is 0 Å². The summed E-state index contributed by atoms with van der Waals surface area (Å²) in [5, 5.41) is 8.85. The summed E-state index contributed by atoms with van der Waals surface area (Å²) < 4.78 is 9.24. The monoisotopic (exact) mass is 225 g/mol. The molecule has 0 aromatic heterocycles. The van der Waals surface area contributed by atoms with Crippen molar-refractivity contribution in [3.05, 3.63) is 23.8 Å². The average Bonchev–Trinajstić information content (AvgIpc) is 2.21. The largest absolute Gasteiger partial charge is 0.513 e. The van der Waals surface area contributed by atoms with Gasteiger partial charge in [-0.1, -0.05) is 6.07 Å². The van der Waals surface area contributed by atoms with E-state index in [1.807, 2.05) is 0 Å². The van der Waals surface area contributed by atoms with E-state index in [-0.39, 0.29) is 23.6 Å². The van der Waals surface area contributed by atoms with Crippen LogP contribution >= 0.6 is 0 Å². The fraction of sp³-hybridized carbons (Fsp3) is 0.200. The minimum atomic E-state index is -1.23. The van der Waals surface area contributed by atoms with E-state index in [1.165, 1.54) is 18.2 Å². The normalized spacial score (nSPS) is 9.56. The highest BCUT2D eigenvalue weighted by Crippen LogP contribution is 2.26. The molecule has 0 saturated carbocycles. The molecule has 1 rings (SSSR count). The number of carboxylic acid groups (broad SMARTS) is 1. The lowest BCUT2D eigenvalue weighted by molar-refractivity contribution is 0.0690. The van der Waals surface area contributed by atoms with Crippen molar-refractivity contribution in [2.75, 3.05) is 12.3 Å². The molecule has 16 heavy (non-hydrogen) atoms. The second-order valence-corrected chi connectivity index (χ2v) is 2.81. The van der Waals surface area contributed by atoms with E-state index in [4.69, 9.17) is 15.6 Å². The second-order valence-electron chi connectivity index (χ2n) is 2.81. The van der Waals surface area contributed by atoms with Gasteiger partial charge < -0.3 is 20.3 Å². The SMILES string of the molecule is CCOC(=O)Oc1c(N)cccc1C(=O)O. The van der Waals surface area contributed by atoms with Crippen LogP contribution in [0.2, 0.25) is 0 Å². The summed E-state index contributed by atoms with van der Waals surface area (Å²) in [7, 11) is 0. The molecule has 0 aliphatic carbocycles. The fourth-order valence-corrected chi connectivity index (χ4v) is 1.07. The molecule has 0 amide bonds. The van der Waals surface area contributed by atoms with Crippen LogP contribution in [0.1, 0.15) is 17.3 Å². The number of benzene rings is 1. The van der Waals surface area contributed by atoms with Crippen molar-refractivity contribution in [3.8, 4) is 5.75 Å². The van der Waals surface area contributed by atoms with E-state index < -0.39 is 12.1 Å². The van der Waals surface area contributed by atoms with Crippen LogP contribution in [0, 0.1) is 0 Å². The van der Waals surface area contributed by atoms with Crippen molar-refractivity contribution < 1.29 is 24.2 Å². The highest BCUT2D eigenvalue weighted by molar-refractivity contribution is 5.94. The number of ether oxygens (including phenoxy) is 2. The number of carboxylic acids is 1. The quantitative estimate of drug-likeness (QED) is 0.459. The van der Waals surface area contributed by atoms with Crippen molar-refractivity contribution in [1.82, 2.24) is 0 Å². The van der Waals surface area contributed by atoms with Gasteiger partial charge in [-0.3, -0.25) is 0 Å². The molecule has 0 radical (unpaired) electrons. The Bertz CT molecular complexity index is 416. The molecule has 0 atom stereocenters. The number of aromatic carboxylic acids is 1. The first kappa shape index (κ1) is 11.8. The number of hydrogen-bond donors (Lipinski definition) is 2. The Labute approximate surface area is 91.6 Å². The number of carbonyl (C=O) groups is 2. The van der Waals surface area contributed by atoms with Crippen molar-refractivity contribution in [3.63, 3.8) is 0 Å². The highest BCUT2D eigenvalue weighted by Gasteiger charge is 2.17. The molecular formula is C10H11NO5. The Hall–Kier alpha value is -2.24. The molecule has 0 aliphatic heterocycles. The van der Waals surface area contributed by atoms with Gasteiger partial charge in [0, 0.05) is 0 Å². The van der Waals surface area contributed by atoms with E-state index in [0.717, 1.165) is 0 Å². The summed E-state index contributed by atoms with van der Waals surface area (Å²) in [6.07, 6.45) is -0.983. The summed E-state index contributed by atoms with van der Waals surface area (Å²) in [6, 6.07) is 4.17. The zero-order valence-corrected chi connectivity index (χ0v) is 8.60. The van der Waals surface area contributed by atoms with Crippen LogP contribution in [0.3, 0.4) is 0 Å². The molecule has 3 N–H and O–H groups in total. The van der Waals surface area contributed by atoms with E-state index in [1.54, 1.807) is 6.92 Å². The smallest absolute Gasteiger partial charge is 0.478 e. The van der Waals surface area contributed by atoms with Gasteiger partial charge in [-0.05, 0) is 19.1 Å². The maximum atomic E-state index is 11.0. The third-order valence-corrected chi connectivity index (χ3v) is 1.72. The lowest BCUT2D eigenvalue weighted by Crippen LogP contribution is -2.14. The van der Waals surface area contributed by atoms with E-state index >= 15 is 0 Å². The number of nitrogens with two attached hydrogens (primary N) is 1. The van der Waals surface area contributed by atoms with Crippen LogP contribution in [0.4, 0.5) is 10.5 Å². The molecule has 0 fully saturated rings. The Morgan fingerprint density at radius 3 is 2.69 bits per heavy atom. The maximum Gasteiger partial charge on any atom is 0.513 e. The zero-order chi connectivity index (χ0) is 12.1. The van der Waals surface area contributed by atoms with Gasteiger partial charge >= 0.3 is 12.1 Å². The predicted octanol–water partition coefficient (Wildman–Crippen LogP) is 1.50. The molecular weight excluding hydrogens is 214 g/mol. The summed E-state index contributed by atoms with van der Waals surface area (Å²) >= 11 is 0. The molecule has 0 bridgehead atoms. The summed E-state index contributed by atoms with van der Waals surface area (Å²) in [5.74, 6) is -1.43. The van der Waals surface area contributed by atoms with Crippen molar-refractivity contribution in [2.45, 2.75) is 6.92 Å². The van der Waals surface area contributed by atoms with Crippen LogP contribution in [-0.4, -0.2) is 23.8 Å². The molecule has 86 valence electrons. The summed E-state index contributed by atoms with van der Waals surface area (Å²) in [6.45, 7) is 1.74. The predicted molar refractivity (Wildman–Crippen MR) is 55.5 cm³/mol. The van der Waals surface area contributed by atoms with Crippen LogP contribution < -0.4 is 10.5 Å². The third-order valence-electron chi connectivity index (χ3n) is 1.72. The molecule has 6 nitrogen and oxygen atoms in total. The van der Waals surface area contributed by atoms with Crippen LogP contribution in [0.25, 0.3) is 0 Å². The molecule has 1 aromatic rings. The van der Waals surface area contributed by atoms with E-state index in [9.17, 15) is 9.59 Å². The number of carbonyl (C=O) groups excluding carboxylic acids is 1. The highest BCUT2D eigenvalue weighted by atomic mass is 16.7. The Balaban J connectivity index is 3.01. The van der Waals surface area contributed by atoms with Gasteiger partial charge in [-0.15, -0.1) is 0 Å². The first-order valence-corrected chi connectivity index (χ1v) is 4.52. The molecule has 0 saturated heterocycles. The van der Waals surface area contributed by atoms with Gasteiger partial charge in [0.2, 0.25) is 0 Å². The fourth-order valence-electron chi connectivity index (χ4n) is 1.07. The number of para-hydroxylation sites is 1. The first-order chi connectivity index (χ1) is 7.56. The lowest BCUT2D eigenvalue weighted by atomic mass is 10.2. The Kier molecular flexibility index (Phi) is 3.71. The number of anilines is 1. The average molecular weight is 225 g/mol. The topological polar surface area (TPSA) is 98.9 Å². The minimum absolute atomic E-state index is 0.0629. The van der Waals surface area contributed by atoms with Crippen LogP contribution in [-0.2, 0) is 4.74 Å². The van der Waals surface area contributed by atoms with Gasteiger partial charge in [0.15, 0.2) is 5.75 Å². The second kappa shape index (κ2) is 5.01. The number of nitrogen functional groups attached to an aromatic ring is 1. The van der Waals surface area contributed by atoms with Gasteiger partial charge in [-0.2, -0.15) is 0 Å². The Morgan fingerprint density at radius 1 is 1.44 bits per heavy atom. The minimum Gasteiger partial charge on any atom is -0.478 e. The molecule has 0 spiro atoms. The lowest BCUT2D eigenvalue weighted by Gasteiger charge is -2.09. The Morgan fingerprint density at radius 2 is 2.12 bits per heavy atom. The van der Waals surface area contributed by atoms with Crippen molar-refractivity contribution >= 4 is 17.8 Å². The van der Waals surface area contributed by atoms with E-state index in [0.29, 0.717) is 0 Å². The standard InChI is InChI=1S/C10H11NO5/c1-2-15-10(14)16-8-6(9(12)13)4-3-5-7(8)11/h3-5H,2,11H2,1H3,(H,12,13). The number of rotatable bonds is 3. The molecule has 6 heteroatoms. The molecule has 0 unspecified atom stereocenters. The van der Waals surface area contributed by atoms with Crippen molar-refractivity contribution in [2.24, 2.45) is 0 Å².